The van der Waals surface area contributed by atoms with Crippen molar-refractivity contribution in [2.24, 2.45) is 0 Å². The monoisotopic (exact) mass is 282 g/mol. The van der Waals surface area contributed by atoms with Crippen LogP contribution in [0.1, 0.15) is 18.1 Å². The van der Waals surface area contributed by atoms with Crippen LogP contribution >= 0.6 is 0 Å². The minimum Gasteiger partial charge on any atom is -0.468 e. The lowest BCUT2D eigenvalue weighted by molar-refractivity contribution is -0.145. The van der Waals surface area contributed by atoms with Gasteiger partial charge in [0, 0.05) is 0 Å². The number of carbonyl (C=O) groups is 1. The fraction of sp³-hybridized carbons (Fsp3) is 0.188. The molecule has 21 heavy (non-hydrogen) atoms. The molecule has 0 aliphatic heterocycles. The average molecular weight is 282 g/mol. The molecular weight excluding hydrogens is 267 g/mol. The van der Waals surface area contributed by atoms with Gasteiger partial charge in [-0.1, -0.05) is 42.5 Å². The van der Waals surface area contributed by atoms with Crippen LogP contribution < -0.4 is 5.46 Å². The molecule has 2 N–H and O–H groups in total. The molecule has 5 heteroatoms. The van der Waals surface area contributed by atoms with Gasteiger partial charge in [0.15, 0.2) is 0 Å². The van der Waals surface area contributed by atoms with Gasteiger partial charge in [-0.3, -0.25) is 4.79 Å². The van der Waals surface area contributed by atoms with Crippen LogP contribution in [0.25, 0.3) is 11.1 Å². The first-order valence-corrected chi connectivity index (χ1v) is 6.69. The molecule has 0 saturated carbocycles. The number of esters is 1. The summed E-state index contributed by atoms with van der Waals surface area (Å²) in [5.74, 6) is -0.363. The molecule has 2 aromatic rings. The smallest absolute Gasteiger partial charge is 0.468 e. The fourth-order valence-electron chi connectivity index (χ4n) is 3.09. The van der Waals surface area contributed by atoms with Gasteiger partial charge in [-0.05, 0) is 34.6 Å². The number of hydrogen-bond acceptors (Lipinski definition) is 4. The standard InChI is InChI=1S/C16H15BO4/c1-16(15(18)21-2)13-6-4-3-5-11(13)12-8-7-10(17(19)20)9-14(12)16/h3-9,19-20H,1-2H3. The zero-order valence-electron chi connectivity index (χ0n) is 11.8. The number of fused-ring (bicyclic) bond motifs is 3. The van der Waals surface area contributed by atoms with Crippen LogP contribution in [-0.2, 0) is 14.9 Å². The van der Waals surface area contributed by atoms with Crippen molar-refractivity contribution in [2.45, 2.75) is 12.3 Å². The van der Waals surface area contributed by atoms with Gasteiger partial charge in [0.2, 0.25) is 0 Å². The maximum atomic E-state index is 12.4. The lowest BCUT2D eigenvalue weighted by Crippen LogP contribution is -2.36. The van der Waals surface area contributed by atoms with Crippen molar-refractivity contribution in [3.63, 3.8) is 0 Å². The van der Waals surface area contributed by atoms with E-state index in [-0.39, 0.29) is 5.97 Å². The molecule has 1 atom stereocenters. The lowest BCUT2D eigenvalue weighted by atomic mass is 9.74. The first-order valence-electron chi connectivity index (χ1n) is 6.69. The van der Waals surface area contributed by atoms with Crippen LogP contribution in [0.2, 0.25) is 0 Å². The Morgan fingerprint density at radius 1 is 1.10 bits per heavy atom. The summed E-state index contributed by atoms with van der Waals surface area (Å²) in [6.07, 6.45) is 0. The van der Waals surface area contributed by atoms with E-state index in [4.69, 9.17) is 4.74 Å². The number of benzene rings is 2. The van der Waals surface area contributed by atoms with Crippen LogP contribution in [0.15, 0.2) is 42.5 Å². The highest BCUT2D eigenvalue weighted by atomic mass is 16.5. The Hall–Kier alpha value is -2.11. The molecule has 106 valence electrons. The van der Waals surface area contributed by atoms with Gasteiger partial charge >= 0.3 is 13.1 Å². The lowest BCUT2D eigenvalue weighted by Gasteiger charge is -2.24. The molecule has 1 aliphatic carbocycles. The zero-order chi connectivity index (χ0) is 15.2. The maximum Gasteiger partial charge on any atom is 0.488 e. The molecular formula is C16H15BO4. The fourth-order valence-corrected chi connectivity index (χ4v) is 3.09. The highest BCUT2D eigenvalue weighted by molar-refractivity contribution is 6.58. The van der Waals surface area contributed by atoms with Crippen molar-refractivity contribution in [2.75, 3.05) is 7.11 Å². The molecule has 1 aliphatic rings. The van der Waals surface area contributed by atoms with Crippen LogP contribution in [0, 0.1) is 0 Å². The Morgan fingerprint density at radius 2 is 1.76 bits per heavy atom. The summed E-state index contributed by atoms with van der Waals surface area (Å²) in [6, 6.07) is 12.8. The second-order valence-corrected chi connectivity index (χ2v) is 5.34. The summed E-state index contributed by atoms with van der Waals surface area (Å²) in [5.41, 5.74) is 2.92. The van der Waals surface area contributed by atoms with Crippen molar-refractivity contribution in [1.82, 2.24) is 0 Å². The van der Waals surface area contributed by atoms with Gasteiger partial charge in [-0.2, -0.15) is 0 Å². The predicted molar refractivity (Wildman–Crippen MR) is 80.2 cm³/mol. The highest BCUT2D eigenvalue weighted by Gasteiger charge is 2.46. The van der Waals surface area contributed by atoms with E-state index in [9.17, 15) is 14.8 Å². The third kappa shape index (κ3) is 1.82. The van der Waals surface area contributed by atoms with Gasteiger partial charge in [0.1, 0.15) is 5.41 Å². The highest BCUT2D eigenvalue weighted by Crippen LogP contribution is 2.48. The Balaban J connectivity index is 2.32. The molecule has 0 amide bonds. The molecule has 0 heterocycles. The second kappa shape index (κ2) is 4.72. The Labute approximate surface area is 123 Å². The summed E-state index contributed by atoms with van der Waals surface area (Å²) in [6.45, 7) is 1.80. The first kappa shape index (κ1) is 13.9. The van der Waals surface area contributed by atoms with Gasteiger partial charge in [0.25, 0.3) is 0 Å². The Bertz CT molecular complexity index is 726. The number of methoxy groups -OCH3 is 1. The summed E-state index contributed by atoms with van der Waals surface area (Å²) >= 11 is 0. The number of hydrogen-bond donors (Lipinski definition) is 2. The summed E-state index contributed by atoms with van der Waals surface area (Å²) in [5, 5.41) is 18.8. The van der Waals surface area contributed by atoms with Crippen molar-refractivity contribution in [3.05, 3.63) is 53.6 Å². The van der Waals surface area contributed by atoms with Crippen LogP contribution in [-0.4, -0.2) is 30.2 Å². The van der Waals surface area contributed by atoms with E-state index in [1.165, 1.54) is 7.11 Å². The van der Waals surface area contributed by atoms with Crippen LogP contribution in [0.5, 0.6) is 0 Å². The minimum atomic E-state index is -1.57. The molecule has 0 radical (unpaired) electrons. The van der Waals surface area contributed by atoms with Crippen molar-refractivity contribution < 1.29 is 19.6 Å². The number of rotatable bonds is 2. The predicted octanol–water partition coefficient (Wildman–Crippen LogP) is 0.826. The first-order chi connectivity index (χ1) is 10.00. The molecule has 4 nitrogen and oxygen atoms in total. The van der Waals surface area contributed by atoms with E-state index < -0.39 is 12.5 Å². The van der Waals surface area contributed by atoms with Gasteiger partial charge < -0.3 is 14.8 Å². The van der Waals surface area contributed by atoms with Crippen molar-refractivity contribution in [1.29, 1.82) is 0 Å². The zero-order valence-corrected chi connectivity index (χ0v) is 11.8. The molecule has 2 aromatic carbocycles. The third-order valence-corrected chi connectivity index (χ3v) is 4.23. The summed E-state index contributed by atoms with van der Waals surface area (Å²) in [7, 11) is -0.209. The van der Waals surface area contributed by atoms with E-state index in [0.717, 1.165) is 22.3 Å². The summed E-state index contributed by atoms with van der Waals surface area (Å²) in [4.78, 5) is 12.4. The van der Waals surface area contributed by atoms with E-state index in [1.807, 2.05) is 30.3 Å². The molecule has 0 fully saturated rings. The summed E-state index contributed by atoms with van der Waals surface area (Å²) < 4.78 is 4.99. The molecule has 0 aromatic heterocycles. The molecule has 0 saturated heterocycles. The molecule has 0 spiro atoms. The van der Waals surface area contributed by atoms with E-state index in [2.05, 4.69) is 0 Å². The maximum absolute atomic E-state index is 12.4. The van der Waals surface area contributed by atoms with Crippen molar-refractivity contribution in [3.8, 4) is 11.1 Å². The second-order valence-electron chi connectivity index (χ2n) is 5.34. The third-order valence-electron chi connectivity index (χ3n) is 4.23. The quantitative estimate of drug-likeness (QED) is 0.632. The van der Waals surface area contributed by atoms with Gasteiger partial charge in [-0.25, -0.2) is 0 Å². The SMILES string of the molecule is COC(=O)C1(C)c2ccccc2-c2ccc(B(O)O)cc21. The molecule has 0 bridgehead atoms. The largest absolute Gasteiger partial charge is 0.488 e. The van der Waals surface area contributed by atoms with E-state index in [1.54, 1.807) is 19.1 Å². The topological polar surface area (TPSA) is 66.8 Å². The van der Waals surface area contributed by atoms with Crippen LogP contribution in [0.3, 0.4) is 0 Å². The average Bonchev–Trinajstić information content (AvgIpc) is 2.77. The van der Waals surface area contributed by atoms with E-state index >= 15 is 0 Å². The number of carbonyl (C=O) groups excluding carboxylic acids is 1. The minimum absolute atomic E-state index is 0.358. The van der Waals surface area contributed by atoms with E-state index in [0.29, 0.717) is 5.46 Å². The Kier molecular flexibility index (Phi) is 3.12. The van der Waals surface area contributed by atoms with Gasteiger partial charge in [0.05, 0.1) is 7.11 Å². The molecule has 3 rings (SSSR count). The molecule has 1 unspecified atom stereocenters. The normalized spacial score (nSPS) is 18.9. The van der Waals surface area contributed by atoms with Gasteiger partial charge in [-0.15, -0.1) is 0 Å². The van der Waals surface area contributed by atoms with Crippen LogP contribution in [0.4, 0.5) is 0 Å². The van der Waals surface area contributed by atoms with Crippen molar-refractivity contribution >= 4 is 18.6 Å². The Morgan fingerprint density at radius 3 is 2.43 bits per heavy atom. The number of ether oxygens (including phenoxy) is 1.